The number of nitrogens with zero attached hydrogens (tertiary/aromatic N) is 8. The molecule has 0 aromatic heterocycles. The molecule has 1 aliphatic heterocycles. The molecule has 0 bridgehead atoms. The third-order valence-corrected chi connectivity index (χ3v) is 35.9. The first kappa shape index (κ1) is 107. The van der Waals surface area contributed by atoms with E-state index < -0.39 is 38.9 Å². The van der Waals surface area contributed by atoms with Crippen LogP contribution in [-0.2, 0) is 34.1 Å². The molecule has 6 atom stereocenters. The van der Waals surface area contributed by atoms with Gasteiger partial charge < -0.3 is 31.9 Å². The van der Waals surface area contributed by atoms with Crippen LogP contribution in [0.5, 0.6) is 0 Å². The van der Waals surface area contributed by atoms with Crippen molar-refractivity contribution in [3.05, 3.63) is 469 Å². The van der Waals surface area contributed by atoms with Crippen LogP contribution in [0, 0.1) is 0 Å². The molecule has 0 spiro atoms. The standard InChI is InChI=1S/2C42H38N2P2.C17H20O2P.4C2H4N.Br2.2Fe/c2*1-7-19-35(20-8-1)41(43-31-33-45(37-23-11-3-12-24-37)38-25-13-4-14-26-38)42(36-21-9-2-10-22-36)44-32-34-46(39-27-15-5-16-28-39)40-29-17-6-18-30-40;18-14-11-12-17(19)20(13-14,15-7-3-1-4-8-15)16-9-5-2-6-10-16;4*1-2-3;1-2;;/h2*1-32,41-42H,33-34H2;1-10,14,17-19H,11-13H2;4*2H,1H3;;;/q;;+1;4*-1;;2*+2/p+4/t2*41-,42-;;;;;;;;/m10......../s1. The second kappa shape index (κ2) is 64.3. The topological polar surface area (TPSA) is 179 Å². The Morgan fingerprint density at radius 1 is 0.273 bits per heavy atom. The maximum Gasteiger partial charge on any atom is 2.00 e. The largest absolute Gasteiger partial charge is 2.00 e. The zero-order valence-electron chi connectivity index (χ0n) is 72.8. The molecule has 0 radical (unpaired) electrons. The quantitative estimate of drug-likeness (QED) is 0.0282. The molecular weight excluding hydrogens is 1880 g/mol. The normalized spacial score (nSPS) is 13.8. The fourth-order valence-corrected chi connectivity index (χ4v) is 28.6. The van der Waals surface area contributed by atoms with Gasteiger partial charge in [0.1, 0.15) is 66.7 Å². The van der Waals surface area contributed by atoms with Crippen molar-refractivity contribution in [1.29, 1.82) is 0 Å². The van der Waals surface area contributed by atoms with E-state index in [0.29, 0.717) is 19.0 Å². The molecule has 2 unspecified atom stereocenters. The van der Waals surface area contributed by atoms with Crippen LogP contribution in [0.3, 0.4) is 0 Å². The first-order valence-electron chi connectivity index (χ1n) is 42.4. The predicted molar refractivity (Wildman–Crippen MR) is 575 cm³/mol. The van der Waals surface area contributed by atoms with Crippen molar-refractivity contribution >= 4 is 170 Å². The van der Waals surface area contributed by atoms with Crippen molar-refractivity contribution in [2.24, 2.45) is 20.0 Å². The molecule has 10 nitrogen and oxygen atoms in total. The molecule has 14 aromatic carbocycles. The summed E-state index contributed by atoms with van der Waals surface area (Å²) in [7, 11) is -6.09. The van der Waals surface area contributed by atoms with E-state index in [1.807, 2.05) is 36.4 Å². The molecule has 2 N–H and O–H groups in total. The van der Waals surface area contributed by atoms with E-state index in [9.17, 15) is 10.2 Å². The molecule has 0 amide bonds. The summed E-state index contributed by atoms with van der Waals surface area (Å²) in [6.07, 6.45) is 18.1. The van der Waals surface area contributed by atoms with Crippen LogP contribution in [0.25, 0.3) is 21.6 Å². The minimum absolute atomic E-state index is 0. The minimum atomic E-state index is -1.94. The third kappa shape index (κ3) is 35.1. The Morgan fingerprint density at radius 2 is 0.422 bits per heavy atom. The summed E-state index contributed by atoms with van der Waals surface area (Å²) in [6.45, 7) is 6.22. The summed E-state index contributed by atoms with van der Waals surface area (Å²) in [6, 6.07) is 150. The monoisotopic (exact) mass is 1990 g/mol. The number of rotatable bonds is 28. The van der Waals surface area contributed by atoms with Gasteiger partial charge in [-0.15, -0.1) is 0 Å². The van der Waals surface area contributed by atoms with Crippen molar-refractivity contribution in [3.8, 4) is 0 Å². The van der Waals surface area contributed by atoms with E-state index in [1.165, 1.54) is 75.3 Å². The third-order valence-electron chi connectivity index (χ3n) is 20.6. The van der Waals surface area contributed by atoms with Crippen LogP contribution in [0.4, 0.5) is 0 Å². The van der Waals surface area contributed by atoms with Crippen LogP contribution >= 0.6 is 67.2 Å². The molecule has 15 rings (SSSR count). The van der Waals surface area contributed by atoms with E-state index in [-0.39, 0.29) is 70.3 Å². The smallest absolute Gasteiger partial charge is 0.814 e. The molecule has 654 valence electrons. The van der Waals surface area contributed by atoms with Gasteiger partial charge in [-0.05, 0) is 150 Å². The fraction of sp³-hybridized carbons (Fsp3) is 0.156. The number of aliphatic hydroxyl groups excluding tert-OH is 2. The van der Waals surface area contributed by atoms with Gasteiger partial charge in [0, 0.05) is 59.5 Å². The first-order chi connectivity index (χ1) is 62.1. The van der Waals surface area contributed by atoms with Crippen LogP contribution < -0.4 is 53.0 Å². The van der Waals surface area contributed by atoms with Crippen molar-refractivity contribution in [2.45, 2.75) is 76.7 Å². The Hall–Kier alpha value is -9.49. The summed E-state index contributed by atoms with van der Waals surface area (Å²) < 4.78 is 0. The van der Waals surface area contributed by atoms with Crippen LogP contribution in [-0.4, -0.2) is 103 Å². The second-order valence-corrected chi connectivity index (χ2v) is 42.7. The van der Waals surface area contributed by atoms with Crippen molar-refractivity contribution < 1.29 is 44.4 Å². The van der Waals surface area contributed by atoms with Gasteiger partial charge in [-0.25, -0.2) is 24.9 Å². The molecule has 1 fully saturated rings. The zero-order chi connectivity index (χ0) is 89.3. The van der Waals surface area contributed by atoms with Gasteiger partial charge >= 0.3 is 34.1 Å². The van der Waals surface area contributed by atoms with Gasteiger partial charge in [0.25, 0.3) is 0 Å². The Kier molecular flexibility index (Phi) is 53.9. The Morgan fingerprint density at radius 3 is 0.586 bits per heavy atom. The van der Waals surface area contributed by atoms with Gasteiger partial charge in [-0.2, -0.15) is 0 Å². The molecule has 0 aliphatic carbocycles. The maximum atomic E-state index is 10.8. The molecule has 1 saturated heterocycles. The molecule has 1 heterocycles. The SMILES string of the molecule is BrBr.C(C[PH+](c1ccccc1)c1ccccc1)=N[C@@H](c1ccccc1)[C@@H](N=CC[PH+](c1ccccc1)c1ccccc1)c1ccccc1.C(C[PH+](c1ccccc1)c1ccccc1)=N[C@H](c1ccccc1)[C@H](N=CC[PH+](c1ccccc1)c1ccccc1)c1ccccc1.CC=[N-].CC=[N-].CC=[N-].CC=[N-].OC1CCC(O)[P+](c2ccccc2)(c2ccccc2)C1.[Fe+2].[Fe+2]. The van der Waals surface area contributed by atoms with Gasteiger partial charge in [0.05, 0.1) is 86.4 Å². The number of aliphatic imine (C=N–C) groups is 4. The molecule has 19 heteroatoms. The van der Waals surface area contributed by atoms with Gasteiger partial charge in [0.15, 0.2) is 5.85 Å². The summed E-state index contributed by atoms with van der Waals surface area (Å²) in [5.41, 5.74) is 4.70. The van der Waals surface area contributed by atoms with E-state index >= 15 is 0 Å². The average Bonchev–Trinajstić information content (AvgIpc) is 0.750. The summed E-state index contributed by atoms with van der Waals surface area (Å²) in [4.78, 5) is 21.5. The zero-order valence-corrected chi connectivity index (χ0v) is 83.1. The Balaban J connectivity index is 0.000000289. The predicted octanol–water partition coefficient (Wildman–Crippen LogP) is 23.1. The maximum absolute atomic E-state index is 10.8. The van der Waals surface area contributed by atoms with Crippen molar-refractivity contribution in [1.82, 2.24) is 0 Å². The van der Waals surface area contributed by atoms with Crippen molar-refractivity contribution in [3.63, 3.8) is 0 Å². The molecule has 14 aromatic rings. The first-order valence-corrected chi connectivity index (χ1v) is 55.0. The van der Waals surface area contributed by atoms with Crippen LogP contribution in [0.15, 0.2) is 445 Å². The van der Waals surface area contributed by atoms with Crippen LogP contribution in [0.1, 0.15) is 87.0 Å². The number of benzene rings is 14. The van der Waals surface area contributed by atoms with Crippen molar-refractivity contribution in [2.75, 3.05) is 30.8 Å². The van der Waals surface area contributed by atoms with E-state index in [2.05, 4.69) is 441 Å². The van der Waals surface area contributed by atoms with E-state index in [0.717, 1.165) is 49.5 Å². The average molecular weight is 2000 g/mol. The number of aliphatic hydroxyl groups is 2. The van der Waals surface area contributed by atoms with Gasteiger partial charge in [-0.1, -0.05) is 331 Å². The van der Waals surface area contributed by atoms with E-state index in [1.54, 1.807) is 27.7 Å². The number of hydrogen-bond donors (Lipinski definition) is 2. The molecule has 1 aliphatic rings. The minimum Gasteiger partial charge on any atom is -0.814 e. The second-order valence-electron chi connectivity index (χ2n) is 28.9. The molecular formula is C109H116Br2Fe2N8O2P5+5. The molecule has 0 saturated carbocycles. The summed E-state index contributed by atoms with van der Waals surface area (Å²) in [5, 5.41) is 64.3. The van der Waals surface area contributed by atoms with Gasteiger partial charge in [0.2, 0.25) is 0 Å². The van der Waals surface area contributed by atoms with E-state index in [4.69, 9.17) is 41.6 Å². The fourth-order valence-electron chi connectivity index (χ4n) is 15.0. The molecule has 128 heavy (non-hydrogen) atoms. The summed E-state index contributed by atoms with van der Waals surface area (Å²) in [5.74, 6) is -0.351. The number of hydrogen-bond acceptors (Lipinski definition) is 6. The number of halogens is 2. The Labute approximate surface area is 803 Å². The Bertz CT molecular complexity index is 4590. The van der Waals surface area contributed by atoms with Gasteiger partial charge in [-0.3, -0.25) is 20.0 Å². The summed E-state index contributed by atoms with van der Waals surface area (Å²) >= 11 is 5.50. The van der Waals surface area contributed by atoms with Crippen LogP contribution in [0.2, 0.25) is 0 Å².